The van der Waals surface area contributed by atoms with Crippen molar-refractivity contribution in [2.75, 3.05) is 18.0 Å². The topological polar surface area (TPSA) is 42.1 Å². The van der Waals surface area contributed by atoms with Crippen molar-refractivity contribution in [1.29, 1.82) is 0 Å². The van der Waals surface area contributed by atoms with Gasteiger partial charge in [0.15, 0.2) is 0 Å². The fourth-order valence-corrected chi connectivity index (χ4v) is 2.68. The summed E-state index contributed by atoms with van der Waals surface area (Å²) >= 11 is 6.19. The van der Waals surface area contributed by atoms with E-state index in [9.17, 15) is 0 Å². The van der Waals surface area contributed by atoms with Crippen LogP contribution in [-0.2, 0) is 0 Å². The summed E-state index contributed by atoms with van der Waals surface area (Å²) in [7, 11) is 0. The normalized spacial score (nSPS) is 16.6. The minimum Gasteiger partial charge on any atom is -0.366 e. The van der Waals surface area contributed by atoms with Gasteiger partial charge in [-0.15, -0.1) is 0 Å². The van der Waals surface area contributed by atoms with Crippen LogP contribution in [0, 0.1) is 0 Å². The summed E-state index contributed by atoms with van der Waals surface area (Å²) in [6.45, 7) is 1.53. The highest BCUT2D eigenvalue weighted by Crippen LogP contribution is 2.31. The van der Waals surface area contributed by atoms with Gasteiger partial charge in [-0.05, 0) is 18.9 Å². The number of halogens is 1. The van der Waals surface area contributed by atoms with E-state index < -0.39 is 0 Å². The van der Waals surface area contributed by atoms with Gasteiger partial charge in [0.2, 0.25) is 0 Å². The molecule has 88 valence electrons. The summed E-state index contributed by atoms with van der Waals surface area (Å²) in [4.78, 5) is 6.37. The van der Waals surface area contributed by atoms with Crippen LogP contribution in [0.3, 0.4) is 0 Å². The van der Waals surface area contributed by atoms with Crippen molar-refractivity contribution in [3.63, 3.8) is 0 Å². The molecule has 1 aromatic rings. The monoisotopic (exact) mass is 239 g/mol. The molecule has 3 nitrogen and oxygen atoms in total. The summed E-state index contributed by atoms with van der Waals surface area (Å²) in [5, 5.41) is 0.725. The molecule has 0 aromatic carbocycles. The van der Waals surface area contributed by atoms with Crippen LogP contribution in [0.25, 0.3) is 0 Å². The first kappa shape index (κ1) is 11.7. The molecule has 0 unspecified atom stereocenters. The van der Waals surface area contributed by atoms with Crippen LogP contribution in [0.1, 0.15) is 25.7 Å². The van der Waals surface area contributed by atoms with Gasteiger partial charge in [-0.1, -0.05) is 24.4 Å². The lowest BCUT2D eigenvalue weighted by atomic mass is 10.2. The first-order valence-corrected chi connectivity index (χ1v) is 6.27. The van der Waals surface area contributed by atoms with Crippen molar-refractivity contribution in [3.05, 3.63) is 23.5 Å². The quantitative estimate of drug-likeness (QED) is 0.878. The van der Waals surface area contributed by atoms with Gasteiger partial charge in [0, 0.05) is 31.5 Å². The highest BCUT2D eigenvalue weighted by Gasteiger charge is 2.23. The number of anilines is 1. The third-order valence-electron chi connectivity index (χ3n) is 3.20. The Morgan fingerprint density at radius 3 is 2.81 bits per heavy atom. The highest BCUT2D eigenvalue weighted by molar-refractivity contribution is 6.33. The Hall–Kier alpha value is -0.800. The third kappa shape index (κ3) is 2.47. The van der Waals surface area contributed by atoms with Crippen molar-refractivity contribution < 1.29 is 0 Å². The second-order valence-electron chi connectivity index (χ2n) is 4.25. The van der Waals surface area contributed by atoms with Gasteiger partial charge < -0.3 is 10.6 Å². The Labute approximate surface area is 102 Å². The molecule has 1 aliphatic carbocycles. The van der Waals surface area contributed by atoms with E-state index in [0.29, 0.717) is 12.6 Å². The van der Waals surface area contributed by atoms with Gasteiger partial charge in [-0.3, -0.25) is 4.98 Å². The molecule has 4 heteroatoms. The molecule has 1 aliphatic rings. The number of rotatable bonds is 4. The lowest BCUT2D eigenvalue weighted by Crippen LogP contribution is -2.37. The second-order valence-corrected chi connectivity index (χ2v) is 4.65. The maximum Gasteiger partial charge on any atom is 0.0822 e. The Balaban J connectivity index is 2.21. The van der Waals surface area contributed by atoms with Gasteiger partial charge in [0.1, 0.15) is 0 Å². The van der Waals surface area contributed by atoms with E-state index in [1.807, 2.05) is 6.07 Å². The summed E-state index contributed by atoms with van der Waals surface area (Å²) in [6.07, 6.45) is 8.62. The standard InChI is InChI=1S/C12H18ClN3/c13-11-9-15-7-5-12(11)16(8-6-14)10-3-1-2-4-10/h5,7,9-10H,1-4,6,8,14H2. The zero-order valence-electron chi connectivity index (χ0n) is 9.40. The van der Waals surface area contributed by atoms with E-state index >= 15 is 0 Å². The average molecular weight is 240 g/mol. The van der Waals surface area contributed by atoms with E-state index in [-0.39, 0.29) is 0 Å². The van der Waals surface area contributed by atoms with E-state index in [1.54, 1.807) is 12.4 Å². The molecule has 1 fully saturated rings. The molecule has 0 bridgehead atoms. The Morgan fingerprint density at radius 1 is 1.44 bits per heavy atom. The minimum absolute atomic E-state index is 0.600. The molecule has 2 N–H and O–H groups in total. The molecule has 2 rings (SSSR count). The zero-order chi connectivity index (χ0) is 11.4. The number of hydrogen-bond acceptors (Lipinski definition) is 3. The lowest BCUT2D eigenvalue weighted by Gasteiger charge is -2.31. The number of nitrogens with two attached hydrogens (primary N) is 1. The summed E-state index contributed by atoms with van der Waals surface area (Å²) in [5.74, 6) is 0. The Kier molecular flexibility index (Phi) is 4.02. The van der Waals surface area contributed by atoms with E-state index in [1.165, 1.54) is 25.7 Å². The number of aromatic nitrogens is 1. The van der Waals surface area contributed by atoms with Gasteiger partial charge in [-0.2, -0.15) is 0 Å². The molecule has 0 aliphatic heterocycles. The summed E-state index contributed by atoms with van der Waals surface area (Å²) < 4.78 is 0. The molecule has 1 heterocycles. The largest absolute Gasteiger partial charge is 0.366 e. The zero-order valence-corrected chi connectivity index (χ0v) is 10.2. The predicted octanol–water partition coefficient (Wildman–Crippen LogP) is 2.44. The molecular weight excluding hydrogens is 222 g/mol. The Morgan fingerprint density at radius 2 is 2.19 bits per heavy atom. The smallest absolute Gasteiger partial charge is 0.0822 e. The van der Waals surface area contributed by atoms with Crippen molar-refractivity contribution in [3.8, 4) is 0 Å². The third-order valence-corrected chi connectivity index (χ3v) is 3.49. The van der Waals surface area contributed by atoms with E-state index in [0.717, 1.165) is 17.3 Å². The summed E-state index contributed by atoms with van der Waals surface area (Å²) in [6, 6.07) is 2.58. The van der Waals surface area contributed by atoms with Crippen molar-refractivity contribution in [2.24, 2.45) is 5.73 Å². The molecule has 0 spiro atoms. The van der Waals surface area contributed by atoms with Gasteiger partial charge in [0.25, 0.3) is 0 Å². The number of hydrogen-bond donors (Lipinski definition) is 1. The molecule has 1 aromatic heterocycles. The molecular formula is C12H18ClN3. The fraction of sp³-hybridized carbons (Fsp3) is 0.583. The van der Waals surface area contributed by atoms with E-state index in [2.05, 4.69) is 9.88 Å². The first-order chi connectivity index (χ1) is 7.83. The molecule has 1 saturated carbocycles. The second kappa shape index (κ2) is 5.51. The van der Waals surface area contributed by atoms with Gasteiger partial charge in [0.05, 0.1) is 10.7 Å². The van der Waals surface area contributed by atoms with Crippen LogP contribution in [0.2, 0.25) is 5.02 Å². The molecule has 16 heavy (non-hydrogen) atoms. The lowest BCUT2D eigenvalue weighted by molar-refractivity contribution is 0.608. The van der Waals surface area contributed by atoms with Crippen LogP contribution < -0.4 is 10.6 Å². The molecule has 0 saturated heterocycles. The fourth-order valence-electron chi connectivity index (χ4n) is 2.46. The van der Waals surface area contributed by atoms with E-state index in [4.69, 9.17) is 17.3 Å². The van der Waals surface area contributed by atoms with Crippen LogP contribution in [0.5, 0.6) is 0 Å². The SMILES string of the molecule is NCCN(c1ccncc1Cl)C1CCCC1. The van der Waals surface area contributed by atoms with Crippen LogP contribution in [-0.4, -0.2) is 24.1 Å². The maximum atomic E-state index is 6.19. The first-order valence-electron chi connectivity index (χ1n) is 5.89. The number of nitrogens with zero attached hydrogens (tertiary/aromatic N) is 2. The van der Waals surface area contributed by atoms with Gasteiger partial charge in [-0.25, -0.2) is 0 Å². The minimum atomic E-state index is 0.600. The average Bonchev–Trinajstić information content (AvgIpc) is 2.80. The molecule has 0 radical (unpaired) electrons. The Bertz CT molecular complexity index is 337. The van der Waals surface area contributed by atoms with Crippen LogP contribution >= 0.6 is 11.6 Å². The number of pyridine rings is 1. The van der Waals surface area contributed by atoms with Crippen molar-refractivity contribution in [1.82, 2.24) is 4.98 Å². The van der Waals surface area contributed by atoms with Crippen molar-refractivity contribution in [2.45, 2.75) is 31.7 Å². The molecule has 0 atom stereocenters. The van der Waals surface area contributed by atoms with Crippen LogP contribution in [0.15, 0.2) is 18.5 Å². The maximum absolute atomic E-state index is 6.19. The molecule has 0 amide bonds. The summed E-state index contributed by atoms with van der Waals surface area (Å²) in [5.41, 5.74) is 6.76. The van der Waals surface area contributed by atoms with Gasteiger partial charge >= 0.3 is 0 Å². The highest BCUT2D eigenvalue weighted by atomic mass is 35.5. The predicted molar refractivity (Wildman–Crippen MR) is 67.9 cm³/mol. The van der Waals surface area contributed by atoms with Crippen LogP contribution in [0.4, 0.5) is 5.69 Å². The van der Waals surface area contributed by atoms with Crippen molar-refractivity contribution >= 4 is 17.3 Å².